The molecule has 1 rings (SSSR count). The third-order valence-electron chi connectivity index (χ3n) is 1.66. The normalized spacial score (nSPS) is 10.2. The average molecular weight is 218 g/mol. The molecule has 72 valence electrons. The van der Waals surface area contributed by atoms with Crippen LogP contribution < -0.4 is 4.74 Å². The molecule has 0 radical (unpaired) electrons. The zero-order valence-corrected chi connectivity index (χ0v) is 9.39. The van der Waals surface area contributed by atoms with Crippen molar-refractivity contribution >= 4 is 23.5 Å². The van der Waals surface area contributed by atoms with Crippen LogP contribution in [0.5, 0.6) is 5.75 Å². The van der Waals surface area contributed by atoms with Crippen LogP contribution in [0.2, 0.25) is 0 Å². The Kier molecular flexibility index (Phi) is 3.93. The Labute approximate surface area is 86.1 Å². The first-order valence-electron chi connectivity index (χ1n) is 3.69. The summed E-state index contributed by atoms with van der Waals surface area (Å²) >= 11 is 2.92. The average Bonchev–Trinajstić information content (AvgIpc) is 2.17. The molecule has 0 aliphatic heterocycles. The van der Waals surface area contributed by atoms with Crippen LogP contribution in [-0.4, -0.2) is 19.6 Å². The molecule has 0 bridgehead atoms. The van der Waals surface area contributed by atoms with E-state index in [2.05, 4.69) is 0 Å². The second-order valence-electron chi connectivity index (χ2n) is 2.32. The van der Waals surface area contributed by atoms with Crippen molar-refractivity contribution in [2.45, 2.75) is 9.79 Å². The van der Waals surface area contributed by atoms with Gasteiger partial charge in [0, 0.05) is 0 Å². The first-order valence-corrected chi connectivity index (χ1v) is 6.14. The second-order valence-corrected chi connectivity index (χ2v) is 3.98. The fourth-order valence-corrected chi connectivity index (χ4v) is 2.35. The van der Waals surface area contributed by atoms with Crippen LogP contribution in [0, 0.1) is 5.82 Å². The molecule has 13 heavy (non-hydrogen) atoms. The lowest BCUT2D eigenvalue weighted by atomic mass is 10.3. The number of halogens is 1. The first-order chi connectivity index (χ1) is 6.24. The van der Waals surface area contributed by atoms with Crippen molar-refractivity contribution < 1.29 is 9.13 Å². The maximum atomic E-state index is 13.2. The van der Waals surface area contributed by atoms with Crippen molar-refractivity contribution in [2.24, 2.45) is 0 Å². The maximum Gasteiger partial charge on any atom is 0.148 e. The third-order valence-corrected chi connectivity index (χ3v) is 3.21. The summed E-state index contributed by atoms with van der Waals surface area (Å²) in [4.78, 5) is 1.54. The molecule has 0 atom stereocenters. The number of methoxy groups -OCH3 is 1. The van der Waals surface area contributed by atoms with Gasteiger partial charge in [0.05, 0.1) is 16.9 Å². The van der Waals surface area contributed by atoms with Crippen LogP contribution in [0.4, 0.5) is 4.39 Å². The summed E-state index contributed by atoms with van der Waals surface area (Å²) in [6, 6.07) is 3.21. The lowest BCUT2D eigenvalue weighted by Gasteiger charge is -2.10. The topological polar surface area (TPSA) is 9.23 Å². The van der Waals surface area contributed by atoms with Crippen LogP contribution in [0.25, 0.3) is 0 Å². The van der Waals surface area contributed by atoms with Gasteiger partial charge in [0.15, 0.2) is 0 Å². The summed E-state index contributed by atoms with van der Waals surface area (Å²) in [5, 5.41) is 0. The van der Waals surface area contributed by atoms with Gasteiger partial charge in [0.2, 0.25) is 0 Å². The number of hydrogen-bond acceptors (Lipinski definition) is 3. The highest BCUT2D eigenvalue weighted by Crippen LogP contribution is 2.37. The van der Waals surface area contributed by atoms with Gasteiger partial charge in [-0.2, -0.15) is 0 Å². The van der Waals surface area contributed by atoms with Crippen LogP contribution in [0.1, 0.15) is 0 Å². The fraction of sp³-hybridized carbons (Fsp3) is 0.333. The largest absolute Gasteiger partial charge is 0.494 e. The molecular formula is C9H11FOS2. The molecule has 0 aliphatic carbocycles. The number of thioether (sulfide) groups is 2. The summed E-state index contributed by atoms with van der Waals surface area (Å²) in [5.41, 5.74) is 0. The van der Waals surface area contributed by atoms with E-state index >= 15 is 0 Å². The first kappa shape index (κ1) is 10.7. The van der Waals surface area contributed by atoms with Crippen molar-refractivity contribution in [3.8, 4) is 5.75 Å². The Morgan fingerprint density at radius 3 is 2.38 bits per heavy atom. The smallest absolute Gasteiger partial charge is 0.148 e. The molecule has 0 amide bonds. The summed E-state index contributed by atoms with van der Waals surface area (Å²) in [5.74, 6) is 0.419. The lowest BCUT2D eigenvalue weighted by molar-refractivity contribution is 0.387. The second kappa shape index (κ2) is 4.77. The Balaban J connectivity index is 3.27. The van der Waals surface area contributed by atoms with Crippen molar-refractivity contribution in [3.63, 3.8) is 0 Å². The molecule has 0 spiro atoms. The maximum absolute atomic E-state index is 13.2. The van der Waals surface area contributed by atoms with Gasteiger partial charge < -0.3 is 4.74 Å². The molecule has 1 aromatic carbocycles. The van der Waals surface area contributed by atoms with Gasteiger partial charge in [0.25, 0.3) is 0 Å². The van der Waals surface area contributed by atoms with Crippen molar-refractivity contribution in [3.05, 3.63) is 17.9 Å². The minimum absolute atomic E-state index is 0.220. The van der Waals surface area contributed by atoms with E-state index in [1.165, 1.54) is 17.8 Å². The lowest BCUT2D eigenvalue weighted by Crippen LogP contribution is -1.91. The quantitative estimate of drug-likeness (QED) is 0.721. The number of benzene rings is 1. The van der Waals surface area contributed by atoms with Crippen LogP contribution in [0.15, 0.2) is 21.9 Å². The summed E-state index contributed by atoms with van der Waals surface area (Å²) in [7, 11) is 1.56. The van der Waals surface area contributed by atoms with Gasteiger partial charge >= 0.3 is 0 Å². The summed E-state index contributed by atoms with van der Waals surface area (Å²) in [6.07, 6.45) is 3.78. The highest BCUT2D eigenvalue weighted by atomic mass is 32.2. The fourth-order valence-electron chi connectivity index (χ4n) is 1.06. The summed E-state index contributed by atoms with van der Waals surface area (Å²) < 4.78 is 18.4. The molecule has 0 saturated carbocycles. The Bertz CT molecular complexity index is 302. The third kappa shape index (κ3) is 2.11. The van der Waals surface area contributed by atoms with E-state index in [0.29, 0.717) is 10.6 Å². The molecule has 4 heteroatoms. The zero-order chi connectivity index (χ0) is 9.84. The van der Waals surface area contributed by atoms with Gasteiger partial charge in [0.1, 0.15) is 11.6 Å². The standard InChI is InChI=1S/C9H11FOS2/c1-11-8-7(12-2)5-4-6(10)9(8)13-3/h4-5H,1-3H3. The molecule has 0 heterocycles. The van der Waals surface area contributed by atoms with Gasteiger partial charge in [-0.15, -0.1) is 23.5 Å². The van der Waals surface area contributed by atoms with Crippen molar-refractivity contribution in [1.82, 2.24) is 0 Å². The van der Waals surface area contributed by atoms with E-state index in [-0.39, 0.29) is 5.82 Å². The minimum Gasteiger partial charge on any atom is -0.494 e. The van der Waals surface area contributed by atoms with Crippen molar-refractivity contribution in [1.29, 1.82) is 0 Å². The molecule has 0 N–H and O–H groups in total. The van der Waals surface area contributed by atoms with E-state index in [0.717, 1.165) is 4.90 Å². The zero-order valence-electron chi connectivity index (χ0n) is 7.76. The van der Waals surface area contributed by atoms with E-state index < -0.39 is 0 Å². The molecular weight excluding hydrogens is 207 g/mol. The predicted molar refractivity (Wildman–Crippen MR) is 56.5 cm³/mol. The van der Waals surface area contributed by atoms with E-state index in [4.69, 9.17) is 4.74 Å². The van der Waals surface area contributed by atoms with E-state index in [1.54, 1.807) is 24.9 Å². The Hall–Kier alpha value is -0.350. The highest BCUT2D eigenvalue weighted by Gasteiger charge is 2.12. The molecule has 0 fully saturated rings. The molecule has 1 aromatic rings. The number of hydrogen-bond donors (Lipinski definition) is 0. The number of ether oxygens (including phenoxy) is 1. The van der Waals surface area contributed by atoms with Gasteiger partial charge in [-0.3, -0.25) is 0 Å². The summed E-state index contributed by atoms with van der Waals surface area (Å²) in [6.45, 7) is 0. The van der Waals surface area contributed by atoms with Gasteiger partial charge in [-0.05, 0) is 24.6 Å². The Morgan fingerprint density at radius 2 is 1.92 bits per heavy atom. The molecule has 0 saturated heterocycles. The van der Waals surface area contributed by atoms with Gasteiger partial charge in [-0.1, -0.05) is 0 Å². The highest BCUT2D eigenvalue weighted by molar-refractivity contribution is 7.99. The number of rotatable bonds is 3. The monoisotopic (exact) mass is 218 g/mol. The van der Waals surface area contributed by atoms with E-state index in [1.807, 2.05) is 12.5 Å². The molecule has 0 aliphatic rings. The van der Waals surface area contributed by atoms with Crippen LogP contribution >= 0.6 is 23.5 Å². The molecule has 0 unspecified atom stereocenters. The van der Waals surface area contributed by atoms with Crippen LogP contribution in [0.3, 0.4) is 0 Å². The SMILES string of the molecule is COc1c(SC)ccc(F)c1SC. The molecule has 1 nitrogen and oxygen atoms in total. The van der Waals surface area contributed by atoms with Gasteiger partial charge in [-0.25, -0.2) is 4.39 Å². The van der Waals surface area contributed by atoms with Crippen LogP contribution in [-0.2, 0) is 0 Å². The predicted octanol–water partition coefficient (Wildman–Crippen LogP) is 3.28. The van der Waals surface area contributed by atoms with E-state index in [9.17, 15) is 4.39 Å². The molecule has 0 aromatic heterocycles. The Morgan fingerprint density at radius 1 is 1.23 bits per heavy atom. The van der Waals surface area contributed by atoms with Crippen molar-refractivity contribution in [2.75, 3.05) is 19.6 Å². The minimum atomic E-state index is -0.220.